The molecule has 2 amide bonds. The highest BCUT2D eigenvalue weighted by molar-refractivity contribution is 7.90. The summed E-state index contributed by atoms with van der Waals surface area (Å²) in [6.07, 6.45) is 2.91. The number of hydrogen-bond donors (Lipinski definition) is 1. The minimum atomic E-state index is -3.79. The van der Waals surface area contributed by atoms with Gasteiger partial charge in [-0.1, -0.05) is 17.7 Å². The number of likely N-dealkylation sites (tertiary alicyclic amines) is 1. The number of nitrogens with zero attached hydrogens (tertiary/aromatic N) is 1. The minimum absolute atomic E-state index is 0.0805. The van der Waals surface area contributed by atoms with E-state index in [1.165, 1.54) is 12.1 Å². The van der Waals surface area contributed by atoms with Gasteiger partial charge in [0.2, 0.25) is 0 Å². The first kappa shape index (κ1) is 14.8. The van der Waals surface area contributed by atoms with Crippen LogP contribution in [0.5, 0.6) is 0 Å². The van der Waals surface area contributed by atoms with E-state index in [4.69, 9.17) is 0 Å². The number of carbonyl (C=O) groups excluding carboxylic acids is 1. The van der Waals surface area contributed by atoms with E-state index in [9.17, 15) is 13.2 Å². The maximum Gasteiger partial charge on any atom is 0.331 e. The van der Waals surface area contributed by atoms with E-state index in [1.54, 1.807) is 17.0 Å². The molecule has 5 nitrogen and oxygen atoms in total. The van der Waals surface area contributed by atoms with Crippen LogP contribution in [0.25, 0.3) is 0 Å². The quantitative estimate of drug-likeness (QED) is 0.910. The summed E-state index contributed by atoms with van der Waals surface area (Å²) in [4.78, 5) is 13.8. The summed E-state index contributed by atoms with van der Waals surface area (Å²) in [5.74, 6) is 0. The predicted octanol–water partition coefficient (Wildman–Crippen LogP) is 2.27. The van der Waals surface area contributed by atoms with Crippen molar-refractivity contribution in [2.45, 2.75) is 44.0 Å². The zero-order valence-corrected chi connectivity index (χ0v) is 12.6. The number of benzene rings is 1. The van der Waals surface area contributed by atoms with Crippen LogP contribution in [0.1, 0.15) is 31.7 Å². The van der Waals surface area contributed by atoms with Gasteiger partial charge in [-0.05, 0) is 45.2 Å². The molecule has 1 aromatic rings. The number of aryl methyl sites for hydroxylation is 1. The lowest BCUT2D eigenvalue weighted by atomic mass is 10.0. The van der Waals surface area contributed by atoms with Gasteiger partial charge in [-0.25, -0.2) is 17.9 Å². The summed E-state index contributed by atoms with van der Waals surface area (Å²) >= 11 is 0. The Kier molecular flexibility index (Phi) is 4.32. The van der Waals surface area contributed by atoms with Crippen molar-refractivity contribution >= 4 is 16.1 Å². The standard InChI is InChI=1S/C14H20N2O3S/c1-11-6-8-13(9-7-11)20(18,19)15-14(17)16-10-4-3-5-12(16)2/h6-9,12H,3-5,10H2,1-2H3,(H,15,17). The number of amides is 2. The van der Waals surface area contributed by atoms with Gasteiger partial charge in [0.1, 0.15) is 0 Å². The van der Waals surface area contributed by atoms with Crippen LogP contribution in [0.4, 0.5) is 4.79 Å². The first-order chi connectivity index (χ1) is 9.40. The van der Waals surface area contributed by atoms with Crippen molar-refractivity contribution in [3.63, 3.8) is 0 Å². The molecule has 0 aromatic heterocycles. The number of hydrogen-bond acceptors (Lipinski definition) is 3. The third kappa shape index (κ3) is 3.30. The summed E-state index contributed by atoms with van der Waals surface area (Å²) in [5.41, 5.74) is 0.972. The maximum absolute atomic E-state index is 12.1. The molecule has 1 fully saturated rings. The van der Waals surface area contributed by atoms with Gasteiger partial charge in [0.05, 0.1) is 4.90 Å². The number of piperidine rings is 1. The highest BCUT2D eigenvalue weighted by Crippen LogP contribution is 2.17. The van der Waals surface area contributed by atoms with Gasteiger partial charge >= 0.3 is 6.03 Å². The molecule has 0 bridgehead atoms. The molecule has 1 atom stereocenters. The van der Waals surface area contributed by atoms with Crippen LogP contribution in [0.15, 0.2) is 29.2 Å². The van der Waals surface area contributed by atoms with Crippen molar-refractivity contribution in [1.29, 1.82) is 0 Å². The van der Waals surface area contributed by atoms with E-state index >= 15 is 0 Å². The van der Waals surface area contributed by atoms with E-state index in [0.717, 1.165) is 24.8 Å². The van der Waals surface area contributed by atoms with E-state index in [-0.39, 0.29) is 10.9 Å². The molecule has 0 aliphatic carbocycles. The van der Waals surface area contributed by atoms with Crippen LogP contribution in [0.2, 0.25) is 0 Å². The molecular weight excluding hydrogens is 276 g/mol. The monoisotopic (exact) mass is 296 g/mol. The van der Waals surface area contributed by atoms with Crippen molar-refractivity contribution < 1.29 is 13.2 Å². The molecule has 1 aliphatic heterocycles. The van der Waals surface area contributed by atoms with Crippen molar-refractivity contribution in [3.05, 3.63) is 29.8 Å². The number of rotatable bonds is 2. The third-order valence-electron chi connectivity index (χ3n) is 3.62. The van der Waals surface area contributed by atoms with Gasteiger partial charge in [0.15, 0.2) is 0 Å². The largest absolute Gasteiger partial charge is 0.331 e. The Labute approximate surface area is 120 Å². The molecule has 110 valence electrons. The van der Waals surface area contributed by atoms with Gasteiger partial charge in [-0.2, -0.15) is 0 Å². The van der Waals surface area contributed by atoms with E-state index in [1.807, 2.05) is 13.8 Å². The first-order valence-electron chi connectivity index (χ1n) is 6.80. The SMILES string of the molecule is Cc1ccc(S(=O)(=O)NC(=O)N2CCCCC2C)cc1. The molecule has 1 unspecified atom stereocenters. The van der Waals surface area contributed by atoms with Crippen LogP contribution in [0, 0.1) is 6.92 Å². The lowest BCUT2D eigenvalue weighted by molar-refractivity contribution is 0.163. The third-order valence-corrected chi connectivity index (χ3v) is 4.95. The topological polar surface area (TPSA) is 66.5 Å². The molecule has 20 heavy (non-hydrogen) atoms. The molecule has 0 spiro atoms. The highest BCUT2D eigenvalue weighted by atomic mass is 32.2. The average molecular weight is 296 g/mol. The summed E-state index contributed by atoms with van der Waals surface area (Å²) in [7, 11) is -3.79. The molecular formula is C14H20N2O3S. The van der Waals surface area contributed by atoms with Gasteiger partial charge in [0, 0.05) is 12.6 Å². The van der Waals surface area contributed by atoms with Crippen LogP contribution in [-0.4, -0.2) is 31.9 Å². The Morgan fingerprint density at radius 1 is 1.25 bits per heavy atom. The summed E-state index contributed by atoms with van der Waals surface area (Å²) in [5, 5.41) is 0. The molecule has 1 heterocycles. The maximum atomic E-state index is 12.1. The molecule has 0 radical (unpaired) electrons. The number of urea groups is 1. The fourth-order valence-corrected chi connectivity index (χ4v) is 3.31. The highest BCUT2D eigenvalue weighted by Gasteiger charge is 2.27. The average Bonchev–Trinajstić information content (AvgIpc) is 2.39. The van der Waals surface area contributed by atoms with Crippen LogP contribution < -0.4 is 4.72 Å². The van der Waals surface area contributed by atoms with E-state index in [0.29, 0.717) is 6.54 Å². The normalized spacial score (nSPS) is 19.7. The Morgan fingerprint density at radius 2 is 1.90 bits per heavy atom. The smallest absolute Gasteiger partial charge is 0.321 e. The minimum Gasteiger partial charge on any atom is -0.321 e. The molecule has 1 N–H and O–H groups in total. The van der Waals surface area contributed by atoms with Gasteiger partial charge in [-0.15, -0.1) is 0 Å². The fourth-order valence-electron chi connectivity index (χ4n) is 2.35. The van der Waals surface area contributed by atoms with Crippen LogP contribution in [-0.2, 0) is 10.0 Å². The molecule has 0 saturated carbocycles. The number of sulfonamides is 1. The molecule has 6 heteroatoms. The van der Waals surface area contributed by atoms with Gasteiger partial charge < -0.3 is 4.90 Å². The van der Waals surface area contributed by atoms with Gasteiger partial charge in [0.25, 0.3) is 10.0 Å². The Bertz CT molecular complexity index is 581. The Hall–Kier alpha value is -1.56. The molecule has 2 rings (SSSR count). The second-order valence-electron chi connectivity index (χ2n) is 5.26. The van der Waals surface area contributed by atoms with Crippen molar-refractivity contribution in [2.75, 3.05) is 6.54 Å². The lowest BCUT2D eigenvalue weighted by Crippen LogP contribution is -2.49. The second kappa shape index (κ2) is 5.83. The molecule has 1 aliphatic rings. The molecule has 1 aromatic carbocycles. The Morgan fingerprint density at radius 3 is 2.50 bits per heavy atom. The summed E-state index contributed by atoms with van der Waals surface area (Å²) in [6, 6.07) is 5.98. The Balaban J connectivity index is 2.11. The second-order valence-corrected chi connectivity index (χ2v) is 6.94. The zero-order chi connectivity index (χ0) is 14.8. The molecule has 1 saturated heterocycles. The zero-order valence-electron chi connectivity index (χ0n) is 11.8. The fraction of sp³-hybridized carbons (Fsp3) is 0.500. The first-order valence-corrected chi connectivity index (χ1v) is 8.28. The number of nitrogens with one attached hydrogen (secondary N) is 1. The summed E-state index contributed by atoms with van der Waals surface area (Å²) < 4.78 is 26.4. The van der Waals surface area contributed by atoms with Crippen molar-refractivity contribution in [1.82, 2.24) is 9.62 Å². The van der Waals surface area contributed by atoms with Crippen LogP contribution >= 0.6 is 0 Å². The van der Waals surface area contributed by atoms with Crippen LogP contribution in [0.3, 0.4) is 0 Å². The van der Waals surface area contributed by atoms with E-state index < -0.39 is 16.1 Å². The number of carbonyl (C=O) groups is 1. The summed E-state index contributed by atoms with van der Waals surface area (Å²) in [6.45, 7) is 4.43. The van der Waals surface area contributed by atoms with Crippen molar-refractivity contribution in [3.8, 4) is 0 Å². The van der Waals surface area contributed by atoms with Crippen molar-refractivity contribution in [2.24, 2.45) is 0 Å². The van der Waals surface area contributed by atoms with Gasteiger partial charge in [-0.3, -0.25) is 0 Å². The van der Waals surface area contributed by atoms with E-state index in [2.05, 4.69) is 4.72 Å². The lowest BCUT2D eigenvalue weighted by Gasteiger charge is -2.33. The predicted molar refractivity (Wildman–Crippen MR) is 76.9 cm³/mol.